The number of nitrogens with zero attached hydrogens (tertiary/aromatic N) is 4. The minimum atomic E-state index is 0.0574. The second-order valence-electron chi connectivity index (χ2n) is 6.79. The molecule has 0 bridgehead atoms. The molecule has 4 rings (SSSR count). The molecule has 7 heteroatoms. The Balaban J connectivity index is 1.69. The lowest BCUT2D eigenvalue weighted by Gasteiger charge is -2.44. The molecule has 0 aliphatic carbocycles. The molecule has 1 fully saturated rings. The third-order valence-electron chi connectivity index (χ3n) is 5.04. The number of rotatable bonds is 3. The van der Waals surface area contributed by atoms with Gasteiger partial charge in [0.1, 0.15) is 5.82 Å². The lowest BCUT2D eigenvalue weighted by molar-refractivity contribution is 0.536. The molecular formula is C22H17Cl3N4. The molecule has 4 nitrogen and oxygen atoms in total. The molecule has 0 amide bonds. The third-order valence-corrected chi connectivity index (χ3v) is 5.83. The van der Waals surface area contributed by atoms with Gasteiger partial charge in [0, 0.05) is 35.9 Å². The molecule has 2 aromatic carbocycles. The summed E-state index contributed by atoms with van der Waals surface area (Å²) in [4.78, 5) is 12.4. The molecule has 0 N–H and O–H groups in total. The Morgan fingerprint density at radius 1 is 0.931 bits per heavy atom. The lowest BCUT2D eigenvalue weighted by Crippen LogP contribution is -2.49. The maximum Gasteiger partial charge on any atom is 0.205 e. The Hall–Kier alpha value is -2.45. The van der Waals surface area contributed by atoms with E-state index in [0.29, 0.717) is 20.8 Å². The number of halogens is 3. The lowest BCUT2D eigenvalue weighted by atomic mass is 10.0. The van der Waals surface area contributed by atoms with E-state index in [0.717, 1.165) is 36.7 Å². The van der Waals surface area contributed by atoms with Crippen LogP contribution in [0.25, 0.3) is 4.85 Å². The first-order valence-corrected chi connectivity index (χ1v) is 10.2. The van der Waals surface area contributed by atoms with Crippen molar-refractivity contribution in [2.24, 2.45) is 0 Å². The van der Waals surface area contributed by atoms with Gasteiger partial charge >= 0.3 is 0 Å². The third kappa shape index (κ3) is 4.28. The first-order chi connectivity index (χ1) is 14.0. The van der Waals surface area contributed by atoms with Gasteiger partial charge in [-0.3, -0.25) is 4.98 Å². The number of hydrogen-bond acceptors (Lipinski definition) is 3. The number of hydrogen-bond donors (Lipinski definition) is 0. The van der Waals surface area contributed by atoms with E-state index in [2.05, 4.69) is 19.6 Å². The quantitative estimate of drug-likeness (QED) is 0.423. The molecule has 1 aliphatic heterocycles. The second kappa shape index (κ2) is 8.51. The van der Waals surface area contributed by atoms with Crippen LogP contribution < -0.4 is 9.80 Å². The van der Waals surface area contributed by atoms with Crippen LogP contribution in [0.1, 0.15) is 11.6 Å². The number of pyridine rings is 1. The van der Waals surface area contributed by atoms with Crippen LogP contribution in [0.5, 0.6) is 0 Å². The zero-order valence-corrected chi connectivity index (χ0v) is 17.7. The van der Waals surface area contributed by atoms with Crippen molar-refractivity contribution in [1.29, 1.82) is 0 Å². The zero-order chi connectivity index (χ0) is 20.4. The summed E-state index contributed by atoms with van der Waals surface area (Å²) in [5.74, 6) is 0.859. The summed E-state index contributed by atoms with van der Waals surface area (Å²) in [7, 11) is 0. The topological polar surface area (TPSA) is 23.7 Å². The highest BCUT2D eigenvalue weighted by molar-refractivity contribution is 6.36. The highest BCUT2D eigenvalue weighted by Gasteiger charge is 2.30. The van der Waals surface area contributed by atoms with Gasteiger partial charge in [-0.2, -0.15) is 0 Å². The highest BCUT2D eigenvalue weighted by atomic mass is 35.5. The molecule has 146 valence electrons. The van der Waals surface area contributed by atoms with Crippen molar-refractivity contribution >= 4 is 52.0 Å². The summed E-state index contributed by atoms with van der Waals surface area (Å²) in [5, 5.41) is 1.95. The number of piperazine rings is 1. The monoisotopic (exact) mass is 442 g/mol. The molecule has 0 radical (unpaired) electrons. The van der Waals surface area contributed by atoms with E-state index in [1.807, 2.05) is 42.5 Å². The number of anilines is 2. The molecule has 1 atom stereocenters. The average molecular weight is 444 g/mol. The summed E-state index contributed by atoms with van der Waals surface area (Å²) >= 11 is 18.7. The molecule has 1 aliphatic rings. The van der Waals surface area contributed by atoms with Crippen LogP contribution in [0, 0.1) is 6.57 Å². The van der Waals surface area contributed by atoms with Gasteiger partial charge in [0.05, 0.1) is 23.3 Å². The van der Waals surface area contributed by atoms with Gasteiger partial charge in [0.25, 0.3) is 0 Å². The van der Waals surface area contributed by atoms with E-state index in [1.54, 1.807) is 18.3 Å². The molecule has 1 unspecified atom stereocenters. The van der Waals surface area contributed by atoms with Crippen LogP contribution in [-0.4, -0.2) is 24.6 Å². The first kappa shape index (κ1) is 19.8. The van der Waals surface area contributed by atoms with Gasteiger partial charge < -0.3 is 9.80 Å². The molecule has 2 heterocycles. The predicted octanol–water partition coefficient (Wildman–Crippen LogP) is 6.66. The van der Waals surface area contributed by atoms with E-state index in [1.165, 1.54) is 0 Å². The standard InChI is InChI=1S/C22H17Cl3N4/c1-26-18-7-9-22(27-13-18)28-10-11-29(20-8-6-17(24)12-19(20)25)21(14-28)15-2-4-16(23)5-3-15/h2-9,12-13,21H,10-11,14H2. The van der Waals surface area contributed by atoms with Crippen LogP contribution in [0.4, 0.5) is 17.2 Å². The summed E-state index contributed by atoms with van der Waals surface area (Å²) in [5.41, 5.74) is 2.63. The maximum absolute atomic E-state index is 7.11. The van der Waals surface area contributed by atoms with Crippen LogP contribution in [-0.2, 0) is 0 Å². The Morgan fingerprint density at radius 3 is 2.34 bits per heavy atom. The Bertz CT molecular complexity index is 1050. The summed E-state index contributed by atoms with van der Waals surface area (Å²) in [6.07, 6.45) is 1.61. The van der Waals surface area contributed by atoms with Gasteiger partial charge in [-0.25, -0.2) is 4.85 Å². The van der Waals surface area contributed by atoms with Gasteiger partial charge in [0.15, 0.2) is 0 Å². The van der Waals surface area contributed by atoms with Crippen LogP contribution in [0.15, 0.2) is 60.8 Å². The van der Waals surface area contributed by atoms with Crippen molar-refractivity contribution in [3.8, 4) is 0 Å². The maximum atomic E-state index is 7.11. The molecule has 3 aromatic rings. The van der Waals surface area contributed by atoms with Crippen molar-refractivity contribution < 1.29 is 0 Å². The number of benzene rings is 2. The molecule has 1 aromatic heterocycles. The van der Waals surface area contributed by atoms with E-state index in [9.17, 15) is 0 Å². The Morgan fingerprint density at radius 2 is 1.69 bits per heavy atom. The molecule has 29 heavy (non-hydrogen) atoms. The summed E-state index contributed by atoms with van der Waals surface area (Å²) in [6.45, 7) is 9.39. The predicted molar refractivity (Wildman–Crippen MR) is 121 cm³/mol. The Labute approximate surface area is 185 Å². The normalized spacial score (nSPS) is 16.6. The van der Waals surface area contributed by atoms with Gasteiger partial charge in [-0.05, 0) is 42.0 Å². The van der Waals surface area contributed by atoms with Gasteiger partial charge in [-0.15, -0.1) is 0 Å². The fraction of sp³-hybridized carbons (Fsp3) is 0.182. The van der Waals surface area contributed by atoms with E-state index >= 15 is 0 Å². The van der Waals surface area contributed by atoms with Crippen LogP contribution >= 0.6 is 34.8 Å². The van der Waals surface area contributed by atoms with Crippen molar-refractivity contribution in [1.82, 2.24) is 4.98 Å². The SMILES string of the molecule is [C-]#[N+]c1ccc(N2CCN(c3ccc(Cl)cc3Cl)C(c3ccc(Cl)cc3)C2)nc1. The van der Waals surface area contributed by atoms with Crippen molar-refractivity contribution in [2.45, 2.75) is 6.04 Å². The van der Waals surface area contributed by atoms with Crippen LogP contribution in [0.2, 0.25) is 15.1 Å². The highest BCUT2D eigenvalue weighted by Crippen LogP contribution is 2.37. The minimum Gasteiger partial charge on any atom is -0.360 e. The van der Waals surface area contributed by atoms with Crippen molar-refractivity contribution in [3.05, 3.63) is 92.8 Å². The van der Waals surface area contributed by atoms with Crippen molar-refractivity contribution in [2.75, 3.05) is 29.4 Å². The van der Waals surface area contributed by atoms with E-state index < -0.39 is 0 Å². The van der Waals surface area contributed by atoms with Crippen molar-refractivity contribution in [3.63, 3.8) is 0 Å². The van der Waals surface area contributed by atoms with Crippen LogP contribution in [0.3, 0.4) is 0 Å². The summed E-state index contributed by atoms with van der Waals surface area (Å²) in [6, 6.07) is 17.2. The number of aromatic nitrogens is 1. The fourth-order valence-electron chi connectivity index (χ4n) is 3.60. The van der Waals surface area contributed by atoms with E-state index in [-0.39, 0.29) is 6.04 Å². The smallest absolute Gasteiger partial charge is 0.205 e. The van der Waals surface area contributed by atoms with Gasteiger partial charge in [-0.1, -0.05) is 53.0 Å². The Kier molecular flexibility index (Phi) is 5.82. The minimum absolute atomic E-state index is 0.0574. The first-order valence-electron chi connectivity index (χ1n) is 9.11. The average Bonchev–Trinajstić information content (AvgIpc) is 2.74. The molecule has 0 spiro atoms. The van der Waals surface area contributed by atoms with E-state index in [4.69, 9.17) is 41.4 Å². The molecule has 1 saturated heterocycles. The molecule has 0 saturated carbocycles. The molecular weight excluding hydrogens is 427 g/mol. The van der Waals surface area contributed by atoms with Gasteiger partial charge in [0.2, 0.25) is 5.69 Å². The second-order valence-corrected chi connectivity index (χ2v) is 8.07. The summed E-state index contributed by atoms with van der Waals surface area (Å²) < 4.78 is 0. The fourth-order valence-corrected chi connectivity index (χ4v) is 4.24. The zero-order valence-electron chi connectivity index (χ0n) is 15.4. The largest absolute Gasteiger partial charge is 0.360 e.